The van der Waals surface area contributed by atoms with E-state index in [2.05, 4.69) is 45.8 Å². The smallest absolute Gasteiger partial charge is 0.0790 e. The lowest BCUT2D eigenvalue weighted by Crippen LogP contribution is -1.89. The first kappa shape index (κ1) is 9.94. The molecule has 0 fully saturated rings. The monoisotopic (exact) mass is 246 g/mol. The molecule has 0 aliphatic heterocycles. The van der Waals surface area contributed by atoms with Crippen molar-refractivity contribution in [1.82, 2.24) is 4.57 Å². The van der Waals surface area contributed by atoms with E-state index in [1.54, 1.807) is 17.2 Å². The van der Waals surface area contributed by atoms with Gasteiger partial charge in [-0.3, -0.25) is 0 Å². The van der Waals surface area contributed by atoms with E-state index in [9.17, 15) is 0 Å². The van der Waals surface area contributed by atoms with Gasteiger partial charge < -0.3 is 4.57 Å². The molecule has 2 heterocycles. The molecule has 3 heteroatoms. The van der Waals surface area contributed by atoms with Gasteiger partial charge in [0.2, 0.25) is 0 Å². The third-order valence-corrected chi connectivity index (χ3v) is 3.55. The lowest BCUT2D eigenvalue weighted by atomic mass is 10.2. The van der Waals surface area contributed by atoms with Crippen LogP contribution in [0.1, 0.15) is 5.56 Å². The Kier molecular flexibility index (Phi) is 2.46. The van der Waals surface area contributed by atoms with Crippen LogP contribution in [0.25, 0.3) is 16.6 Å². The van der Waals surface area contributed by atoms with Crippen LogP contribution in [0, 0.1) is 5.88 Å². The van der Waals surface area contributed by atoms with Gasteiger partial charge in [0.15, 0.2) is 0 Å². The van der Waals surface area contributed by atoms with E-state index in [1.807, 2.05) is 6.07 Å². The van der Waals surface area contributed by atoms with Gasteiger partial charge in [0, 0.05) is 11.6 Å². The van der Waals surface area contributed by atoms with Crippen molar-refractivity contribution in [3.8, 4) is 5.69 Å². The maximum Gasteiger partial charge on any atom is 0.0790 e. The Morgan fingerprint density at radius 1 is 1.19 bits per heavy atom. The van der Waals surface area contributed by atoms with Gasteiger partial charge in [-0.05, 0) is 34.5 Å². The number of fused-ring (bicyclic) bond motifs is 1. The van der Waals surface area contributed by atoms with Crippen LogP contribution in [0.2, 0.25) is 0 Å². The van der Waals surface area contributed by atoms with Crippen molar-refractivity contribution < 1.29 is 0 Å². The predicted molar refractivity (Wildman–Crippen MR) is 70.4 cm³/mol. The first-order valence-corrected chi connectivity index (χ1v) is 6.33. The van der Waals surface area contributed by atoms with Crippen molar-refractivity contribution in [3.63, 3.8) is 0 Å². The largest absolute Gasteiger partial charge is 0.316 e. The Morgan fingerprint density at radius 3 is 2.88 bits per heavy atom. The molecule has 0 aliphatic carbocycles. The molecular weight excluding hydrogens is 238 g/mol. The summed E-state index contributed by atoms with van der Waals surface area (Å²) in [6, 6.07) is 10.4. The van der Waals surface area contributed by atoms with Gasteiger partial charge >= 0.3 is 0 Å². The normalized spacial score (nSPS) is 11.1. The topological polar surface area (TPSA) is 4.93 Å². The summed E-state index contributed by atoms with van der Waals surface area (Å²) in [6.07, 6.45) is 2.09. The van der Waals surface area contributed by atoms with Crippen molar-refractivity contribution in [1.29, 1.82) is 0 Å². The Labute approximate surface area is 103 Å². The summed E-state index contributed by atoms with van der Waals surface area (Å²) in [7, 11) is 0. The number of hydrogen-bond donors (Lipinski definition) is 0. The van der Waals surface area contributed by atoms with Gasteiger partial charge in [0.1, 0.15) is 0 Å². The van der Waals surface area contributed by atoms with E-state index >= 15 is 0 Å². The summed E-state index contributed by atoms with van der Waals surface area (Å²) >= 11 is 7.44. The van der Waals surface area contributed by atoms with Crippen LogP contribution in [0.5, 0.6) is 0 Å². The number of aromatic nitrogens is 1. The van der Waals surface area contributed by atoms with Crippen LogP contribution in [0.4, 0.5) is 0 Å². The molecule has 16 heavy (non-hydrogen) atoms. The molecule has 1 aromatic carbocycles. The standard InChI is InChI=1S/C13H9ClNS/c14-8-10-1-2-11-3-5-15(13(11)7-10)12-4-6-16-9-12/h1-9H. The number of rotatable bonds is 2. The minimum atomic E-state index is 1.03. The number of nitrogens with zero attached hydrogens (tertiary/aromatic N) is 1. The minimum absolute atomic E-state index is 1.03. The molecule has 0 saturated heterocycles. The Morgan fingerprint density at radius 2 is 2.12 bits per heavy atom. The fourth-order valence-corrected chi connectivity index (χ4v) is 2.60. The minimum Gasteiger partial charge on any atom is -0.316 e. The molecule has 1 radical (unpaired) electrons. The fraction of sp³-hybridized carbons (Fsp3) is 0. The molecule has 79 valence electrons. The van der Waals surface area contributed by atoms with E-state index in [-0.39, 0.29) is 0 Å². The van der Waals surface area contributed by atoms with E-state index in [0.717, 1.165) is 5.56 Å². The average Bonchev–Trinajstić information content (AvgIpc) is 2.96. The number of hydrogen-bond acceptors (Lipinski definition) is 1. The maximum absolute atomic E-state index is 5.74. The maximum atomic E-state index is 5.74. The molecule has 0 saturated carbocycles. The lowest BCUT2D eigenvalue weighted by Gasteiger charge is -2.03. The number of halogens is 1. The van der Waals surface area contributed by atoms with Gasteiger partial charge in [-0.1, -0.05) is 12.1 Å². The molecule has 0 bridgehead atoms. The summed E-state index contributed by atoms with van der Waals surface area (Å²) in [5.41, 5.74) is 3.42. The SMILES string of the molecule is Cl[CH]c1ccc2ccn(-c3ccsc3)c2c1. The van der Waals surface area contributed by atoms with Crippen molar-refractivity contribution in [2.75, 3.05) is 0 Å². The Balaban J connectivity index is 2.25. The molecule has 0 aliphatic rings. The highest BCUT2D eigenvalue weighted by molar-refractivity contribution is 7.08. The van der Waals surface area contributed by atoms with Crippen LogP contribution in [0.15, 0.2) is 47.3 Å². The van der Waals surface area contributed by atoms with Crippen molar-refractivity contribution in [3.05, 3.63) is 58.7 Å². The second-order valence-electron chi connectivity index (χ2n) is 3.59. The van der Waals surface area contributed by atoms with Crippen LogP contribution < -0.4 is 0 Å². The highest BCUT2D eigenvalue weighted by Gasteiger charge is 2.04. The highest BCUT2D eigenvalue weighted by atomic mass is 35.5. The summed E-state index contributed by atoms with van der Waals surface area (Å²) in [5, 5.41) is 5.45. The third-order valence-electron chi connectivity index (χ3n) is 2.63. The first-order valence-electron chi connectivity index (χ1n) is 4.95. The molecule has 2 aromatic heterocycles. The first-order chi connectivity index (χ1) is 7.88. The van der Waals surface area contributed by atoms with Gasteiger partial charge in [-0.25, -0.2) is 0 Å². The molecule has 0 unspecified atom stereocenters. The lowest BCUT2D eigenvalue weighted by molar-refractivity contribution is 1.14. The Bertz CT molecular complexity index is 610. The van der Waals surface area contributed by atoms with Gasteiger partial charge in [-0.15, -0.1) is 11.6 Å². The zero-order chi connectivity index (χ0) is 11.0. The Hall–Kier alpha value is -1.25. The molecule has 3 aromatic rings. The molecule has 3 rings (SSSR count). The van der Waals surface area contributed by atoms with Gasteiger partial charge in [0.25, 0.3) is 0 Å². The van der Waals surface area contributed by atoms with E-state index < -0.39 is 0 Å². The van der Waals surface area contributed by atoms with Crippen molar-refractivity contribution in [2.24, 2.45) is 0 Å². The van der Waals surface area contributed by atoms with Crippen LogP contribution in [-0.4, -0.2) is 4.57 Å². The van der Waals surface area contributed by atoms with E-state index in [4.69, 9.17) is 11.6 Å². The molecular formula is C13H9ClNS. The van der Waals surface area contributed by atoms with Gasteiger partial charge in [-0.2, -0.15) is 11.3 Å². The molecule has 0 N–H and O–H groups in total. The summed E-state index contributed by atoms with van der Waals surface area (Å²) in [5.74, 6) is 1.60. The zero-order valence-electron chi connectivity index (χ0n) is 8.43. The van der Waals surface area contributed by atoms with E-state index in [1.165, 1.54) is 16.6 Å². The number of benzene rings is 1. The van der Waals surface area contributed by atoms with Gasteiger partial charge in [0.05, 0.1) is 17.1 Å². The third kappa shape index (κ3) is 1.55. The van der Waals surface area contributed by atoms with Crippen molar-refractivity contribution >= 4 is 33.8 Å². The molecule has 0 spiro atoms. The fourth-order valence-electron chi connectivity index (χ4n) is 1.83. The summed E-state index contributed by atoms with van der Waals surface area (Å²) in [6.45, 7) is 0. The zero-order valence-corrected chi connectivity index (χ0v) is 10.0. The summed E-state index contributed by atoms with van der Waals surface area (Å²) < 4.78 is 2.18. The second kappa shape index (κ2) is 3.96. The highest BCUT2D eigenvalue weighted by Crippen LogP contribution is 2.23. The van der Waals surface area contributed by atoms with Crippen molar-refractivity contribution in [2.45, 2.75) is 0 Å². The molecule has 0 amide bonds. The average molecular weight is 247 g/mol. The number of thiophene rings is 1. The van der Waals surface area contributed by atoms with Crippen LogP contribution in [0.3, 0.4) is 0 Å². The second-order valence-corrected chi connectivity index (χ2v) is 4.59. The predicted octanol–water partition coefficient (Wildman–Crippen LogP) is 4.44. The molecule has 1 nitrogen and oxygen atoms in total. The quantitative estimate of drug-likeness (QED) is 0.630. The van der Waals surface area contributed by atoms with Crippen LogP contribution in [-0.2, 0) is 0 Å². The van der Waals surface area contributed by atoms with E-state index in [0.29, 0.717) is 0 Å². The summed E-state index contributed by atoms with van der Waals surface area (Å²) in [4.78, 5) is 0. The molecule has 0 atom stereocenters. The van der Waals surface area contributed by atoms with Crippen LogP contribution >= 0.6 is 22.9 Å².